The summed E-state index contributed by atoms with van der Waals surface area (Å²) in [5.41, 5.74) is 8.10. The van der Waals surface area contributed by atoms with Crippen molar-refractivity contribution in [2.45, 2.75) is 58.4 Å². The predicted molar refractivity (Wildman–Crippen MR) is 69.7 cm³/mol. The van der Waals surface area contributed by atoms with Crippen LogP contribution in [0.5, 0.6) is 0 Å². The van der Waals surface area contributed by atoms with Crippen LogP contribution >= 0.6 is 11.3 Å². The van der Waals surface area contributed by atoms with Crippen molar-refractivity contribution in [3.05, 3.63) is 16.1 Å². The third-order valence-corrected chi connectivity index (χ3v) is 4.74. The van der Waals surface area contributed by atoms with Crippen LogP contribution in [0.3, 0.4) is 0 Å². The van der Waals surface area contributed by atoms with Crippen molar-refractivity contribution < 1.29 is 0 Å². The predicted octanol–water partition coefficient (Wildman–Crippen LogP) is 3.29. The average Bonchev–Trinajstić information content (AvgIpc) is 2.58. The fourth-order valence-corrected chi connectivity index (χ4v) is 3.31. The molecule has 0 amide bonds. The van der Waals surface area contributed by atoms with Gasteiger partial charge in [-0.15, -0.1) is 11.3 Å². The lowest BCUT2D eigenvalue weighted by Crippen LogP contribution is -2.46. The number of thiazole rings is 1. The molecule has 0 unspecified atom stereocenters. The fraction of sp³-hybridized carbons (Fsp3) is 0.769. The minimum atomic E-state index is -0.000185. The Morgan fingerprint density at radius 2 is 1.94 bits per heavy atom. The molecule has 0 radical (unpaired) electrons. The highest BCUT2D eigenvalue weighted by atomic mass is 32.1. The molecule has 16 heavy (non-hydrogen) atoms. The van der Waals surface area contributed by atoms with Crippen LogP contribution in [0.15, 0.2) is 5.38 Å². The van der Waals surface area contributed by atoms with Crippen LogP contribution in [0, 0.1) is 12.3 Å². The molecule has 0 spiro atoms. The number of nitrogens with zero attached hydrogens (tertiary/aromatic N) is 1. The maximum Gasteiger partial charge on any atom is 0.0946 e. The SMILES string of the molecule is Cc1csc(CC2(N)CCC(C)(C)CC2)n1. The summed E-state index contributed by atoms with van der Waals surface area (Å²) in [5.74, 6) is 0. The Morgan fingerprint density at radius 3 is 2.44 bits per heavy atom. The van der Waals surface area contributed by atoms with E-state index >= 15 is 0 Å². The lowest BCUT2D eigenvalue weighted by atomic mass is 9.69. The quantitative estimate of drug-likeness (QED) is 0.858. The topological polar surface area (TPSA) is 38.9 Å². The molecule has 1 aliphatic carbocycles. The molecule has 0 saturated heterocycles. The van der Waals surface area contributed by atoms with E-state index in [1.807, 2.05) is 6.92 Å². The van der Waals surface area contributed by atoms with E-state index < -0.39 is 0 Å². The maximum absolute atomic E-state index is 6.49. The van der Waals surface area contributed by atoms with E-state index in [0.29, 0.717) is 5.41 Å². The summed E-state index contributed by atoms with van der Waals surface area (Å²) in [6.45, 7) is 6.74. The number of aromatic nitrogens is 1. The van der Waals surface area contributed by atoms with Crippen LogP contribution in [0.1, 0.15) is 50.2 Å². The van der Waals surface area contributed by atoms with Gasteiger partial charge in [-0.3, -0.25) is 0 Å². The summed E-state index contributed by atoms with van der Waals surface area (Å²) in [5, 5.41) is 3.32. The number of nitrogens with two attached hydrogens (primary N) is 1. The van der Waals surface area contributed by atoms with Crippen LogP contribution < -0.4 is 5.73 Å². The first-order chi connectivity index (χ1) is 7.39. The van der Waals surface area contributed by atoms with Gasteiger partial charge in [0.2, 0.25) is 0 Å². The van der Waals surface area contributed by atoms with Gasteiger partial charge in [-0.2, -0.15) is 0 Å². The smallest absolute Gasteiger partial charge is 0.0946 e. The number of aryl methyl sites for hydroxylation is 1. The van der Waals surface area contributed by atoms with E-state index in [1.165, 1.54) is 17.8 Å². The summed E-state index contributed by atoms with van der Waals surface area (Å²) in [6, 6.07) is 0. The van der Waals surface area contributed by atoms with Crippen LogP contribution in [-0.2, 0) is 6.42 Å². The van der Waals surface area contributed by atoms with E-state index in [9.17, 15) is 0 Å². The van der Waals surface area contributed by atoms with Gasteiger partial charge in [-0.25, -0.2) is 4.98 Å². The molecule has 1 aromatic heterocycles. The van der Waals surface area contributed by atoms with Gasteiger partial charge in [0, 0.05) is 23.0 Å². The Kier molecular flexibility index (Phi) is 3.10. The molecule has 1 aliphatic rings. The van der Waals surface area contributed by atoms with Gasteiger partial charge in [-0.05, 0) is 38.0 Å². The summed E-state index contributed by atoms with van der Waals surface area (Å²) < 4.78 is 0. The van der Waals surface area contributed by atoms with Crippen molar-refractivity contribution in [3.63, 3.8) is 0 Å². The zero-order valence-electron chi connectivity index (χ0n) is 10.5. The van der Waals surface area contributed by atoms with Gasteiger partial charge in [0.05, 0.1) is 5.01 Å². The molecule has 0 aromatic carbocycles. The standard InChI is InChI=1S/C13H22N2S/c1-10-9-16-11(15-10)8-13(14)6-4-12(2,3)5-7-13/h9H,4-8,14H2,1-3H3. The Labute approximate surface area is 102 Å². The van der Waals surface area contributed by atoms with E-state index in [0.717, 1.165) is 25.0 Å². The first kappa shape index (κ1) is 12.1. The summed E-state index contributed by atoms with van der Waals surface area (Å²) in [6.07, 6.45) is 5.72. The minimum Gasteiger partial charge on any atom is -0.325 e. The number of hydrogen-bond donors (Lipinski definition) is 1. The van der Waals surface area contributed by atoms with E-state index in [2.05, 4.69) is 24.2 Å². The second kappa shape index (κ2) is 4.11. The second-order valence-electron chi connectivity index (χ2n) is 6.09. The second-order valence-corrected chi connectivity index (χ2v) is 7.03. The monoisotopic (exact) mass is 238 g/mol. The Balaban J connectivity index is 1.99. The van der Waals surface area contributed by atoms with E-state index in [4.69, 9.17) is 5.73 Å². The number of rotatable bonds is 2. The Morgan fingerprint density at radius 1 is 1.31 bits per heavy atom. The highest BCUT2D eigenvalue weighted by Gasteiger charge is 2.35. The lowest BCUT2D eigenvalue weighted by molar-refractivity contribution is 0.164. The van der Waals surface area contributed by atoms with Crippen LogP contribution in [0.2, 0.25) is 0 Å². The highest BCUT2D eigenvalue weighted by molar-refractivity contribution is 7.09. The zero-order chi connectivity index (χ0) is 11.8. The van der Waals surface area contributed by atoms with Crippen LogP contribution in [-0.4, -0.2) is 10.5 Å². The Hall–Kier alpha value is -0.410. The van der Waals surface area contributed by atoms with Crippen molar-refractivity contribution in [3.8, 4) is 0 Å². The first-order valence-electron chi connectivity index (χ1n) is 6.09. The lowest BCUT2D eigenvalue weighted by Gasteiger charge is -2.40. The largest absolute Gasteiger partial charge is 0.325 e. The van der Waals surface area contributed by atoms with Gasteiger partial charge in [0.25, 0.3) is 0 Å². The first-order valence-corrected chi connectivity index (χ1v) is 6.97. The van der Waals surface area contributed by atoms with Crippen molar-refractivity contribution in [1.82, 2.24) is 4.98 Å². The number of hydrogen-bond acceptors (Lipinski definition) is 3. The van der Waals surface area contributed by atoms with Gasteiger partial charge in [0.15, 0.2) is 0 Å². The zero-order valence-corrected chi connectivity index (χ0v) is 11.4. The van der Waals surface area contributed by atoms with Crippen molar-refractivity contribution >= 4 is 11.3 Å². The van der Waals surface area contributed by atoms with Crippen molar-refractivity contribution in [1.29, 1.82) is 0 Å². The molecule has 1 heterocycles. The molecular formula is C13H22N2S. The molecule has 2 nitrogen and oxygen atoms in total. The summed E-state index contributed by atoms with van der Waals surface area (Å²) >= 11 is 1.75. The maximum atomic E-state index is 6.49. The van der Waals surface area contributed by atoms with E-state index in [-0.39, 0.29) is 5.54 Å². The summed E-state index contributed by atoms with van der Waals surface area (Å²) in [7, 11) is 0. The molecule has 0 aliphatic heterocycles. The third-order valence-electron chi connectivity index (χ3n) is 3.77. The third kappa shape index (κ3) is 2.83. The molecule has 1 saturated carbocycles. The molecule has 0 atom stereocenters. The molecular weight excluding hydrogens is 216 g/mol. The molecule has 1 fully saturated rings. The molecule has 2 rings (SSSR count). The van der Waals surface area contributed by atoms with Crippen LogP contribution in [0.4, 0.5) is 0 Å². The minimum absolute atomic E-state index is 0.000185. The molecule has 3 heteroatoms. The van der Waals surface area contributed by atoms with Crippen molar-refractivity contribution in [2.75, 3.05) is 0 Å². The summed E-state index contributed by atoms with van der Waals surface area (Å²) in [4.78, 5) is 4.52. The highest BCUT2D eigenvalue weighted by Crippen LogP contribution is 2.40. The normalized spacial score (nSPS) is 23.2. The molecule has 0 bridgehead atoms. The fourth-order valence-electron chi connectivity index (χ4n) is 2.39. The van der Waals surface area contributed by atoms with E-state index in [1.54, 1.807) is 11.3 Å². The Bertz CT molecular complexity index is 358. The van der Waals surface area contributed by atoms with Crippen LogP contribution in [0.25, 0.3) is 0 Å². The molecule has 90 valence electrons. The van der Waals surface area contributed by atoms with Gasteiger partial charge in [-0.1, -0.05) is 13.8 Å². The van der Waals surface area contributed by atoms with Crippen molar-refractivity contribution in [2.24, 2.45) is 11.1 Å². The average molecular weight is 238 g/mol. The van der Waals surface area contributed by atoms with Gasteiger partial charge >= 0.3 is 0 Å². The molecule has 2 N–H and O–H groups in total. The van der Waals surface area contributed by atoms with Gasteiger partial charge in [0.1, 0.15) is 0 Å². The molecule has 1 aromatic rings. The van der Waals surface area contributed by atoms with Gasteiger partial charge < -0.3 is 5.73 Å².